The van der Waals surface area contributed by atoms with Crippen LogP contribution in [0.15, 0.2) is 29.3 Å². The molecule has 2 N–H and O–H groups in total. The molecular formula is C20H31IN4OS. The summed E-state index contributed by atoms with van der Waals surface area (Å²) in [4.78, 5) is 10.4. The monoisotopic (exact) mass is 502 g/mol. The second-order valence-corrected chi connectivity index (χ2v) is 8.19. The van der Waals surface area contributed by atoms with Crippen LogP contribution in [-0.2, 0) is 12.0 Å². The maximum Gasteiger partial charge on any atom is 0.191 e. The Morgan fingerprint density at radius 2 is 1.85 bits per heavy atom. The van der Waals surface area contributed by atoms with Crippen LogP contribution in [0.25, 0.3) is 0 Å². The number of thiazole rings is 1. The van der Waals surface area contributed by atoms with E-state index in [0.717, 1.165) is 35.5 Å². The summed E-state index contributed by atoms with van der Waals surface area (Å²) in [6, 6.07) is 8.25. The lowest BCUT2D eigenvalue weighted by Gasteiger charge is -2.27. The van der Waals surface area contributed by atoms with Crippen LogP contribution in [0.2, 0.25) is 0 Å². The molecular weight excluding hydrogens is 471 g/mol. The predicted octanol–water partition coefficient (Wildman–Crippen LogP) is 4.42. The first-order valence-electron chi connectivity index (χ1n) is 8.95. The van der Waals surface area contributed by atoms with E-state index < -0.39 is 0 Å². The second kappa shape index (κ2) is 10.8. The number of nitrogens with zero attached hydrogens (tertiary/aromatic N) is 2. The van der Waals surface area contributed by atoms with E-state index in [1.54, 1.807) is 18.4 Å². The maximum atomic E-state index is 5.25. The molecule has 0 aliphatic rings. The van der Waals surface area contributed by atoms with Crippen LogP contribution in [-0.4, -0.2) is 31.1 Å². The molecule has 2 aromatic rings. The summed E-state index contributed by atoms with van der Waals surface area (Å²) in [6.45, 7) is 12.9. The van der Waals surface area contributed by atoms with Crippen LogP contribution in [0, 0.1) is 13.8 Å². The van der Waals surface area contributed by atoms with Gasteiger partial charge in [0.1, 0.15) is 5.75 Å². The highest BCUT2D eigenvalue weighted by molar-refractivity contribution is 14.0. The molecule has 1 aromatic carbocycles. The largest absolute Gasteiger partial charge is 0.497 e. The average molecular weight is 502 g/mol. The van der Waals surface area contributed by atoms with Gasteiger partial charge in [-0.1, -0.05) is 26.0 Å². The highest BCUT2D eigenvalue weighted by atomic mass is 127. The van der Waals surface area contributed by atoms with Gasteiger partial charge in [0.2, 0.25) is 0 Å². The van der Waals surface area contributed by atoms with Gasteiger partial charge in [0.25, 0.3) is 0 Å². The number of aromatic nitrogens is 1. The molecule has 0 saturated heterocycles. The molecule has 0 radical (unpaired) electrons. The lowest BCUT2D eigenvalue weighted by molar-refractivity contribution is 0.414. The molecule has 2 rings (SSSR count). The van der Waals surface area contributed by atoms with Crippen LogP contribution in [0.1, 0.15) is 41.9 Å². The number of benzene rings is 1. The fourth-order valence-corrected chi connectivity index (χ4v) is 3.52. The molecule has 0 saturated carbocycles. The first kappa shape index (κ1) is 23.7. The number of guanidine groups is 1. The van der Waals surface area contributed by atoms with E-state index in [2.05, 4.69) is 48.5 Å². The van der Waals surface area contributed by atoms with Crippen molar-refractivity contribution in [2.45, 2.75) is 46.6 Å². The van der Waals surface area contributed by atoms with Crippen molar-refractivity contribution in [3.63, 3.8) is 0 Å². The third-order valence-electron chi connectivity index (χ3n) is 4.29. The zero-order valence-electron chi connectivity index (χ0n) is 17.0. The van der Waals surface area contributed by atoms with Crippen molar-refractivity contribution in [2.24, 2.45) is 4.99 Å². The van der Waals surface area contributed by atoms with E-state index in [0.29, 0.717) is 6.54 Å². The normalized spacial score (nSPS) is 11.7. The van der Waals surface area contributed by atoms with E-state index in [1.807, 2.05) is 26.0 Å². The molecule has 0 unspecified atom stereocenters. The Balaban J connectivity index is 0.00000364. The van der Waals surface area contributed by atoms with Gasteiger partial charge in [-0.2, -0.15) is 0 Å². The minimum atomic E-state index is -0.0283. The molecule has 0 atom stereocenters. The number of halogens is 1. The SMILES string of the molecule is CCNC(=NCc1sc(C)nc1C)NCC(C)(C)c1ccc(OC)cc1.I. The van der Waals surface area contributed by atoms with E-state index in [-0.39, 0.29) is 29.4 Å². The smallest absolute Gasteiger partial charge is 0.191 e. The Labute approximate surface area is 184 Å². The standard InChI is InChI=1S/C20H30N4OS.HI/c1-7-21-19(22-12-18-14(2)24-15(3)26-18)23-13-20(4,5)16-8-10-17(25-6)11-9-16;/h8-11H,7,12-13H2,1-6H3,(H2,21,22,23);1H. The molecule has 0 spiro atoms. The van der Waals surface area contributed by atoms with Gasteiger partial charge in [0.05, 0.1) is 24.4 Å². The van der Waals surface area contributed by atoms with E-state index in [9.17, 15) is 0 Å². The summed E-state index contributed by atoms with van der Waals surface area (Å²) in [5.74, 6) is 1.71. The summed E-state index contributed by atoms with van der Waals surface area (Å²) in [6.07, 6.45) is 0. The second-order valence-electron chi connectivity index (χ2n) is 6.90. The molecule has 0 bridgehead atoms. The fraction of sp³-hybridized carbons (Fsp3) is 0.500. The number of ether oxygens (including phenoxy) is 1. The predicted molar refractivity (Wildman–Crippen MR) is 126 cm³/mol. The zero-order valence-corrected chi connectivity index (χ0v) is 20.2. The molecule has 1 heterocycles. The number of methoxy groups -OCH3 is 1. The minimum absolute atomic E-state index is 0. The van der Waals surface area contributed by atoms with E-state index >= 15 is 0 Å². The molecule has 7 heteroatoms. The number of hydrogen-bond acceptors (Lipinski definition) is 4. The Morgan fingerprint density at radius 3 is 2.37 bits per heavy atom. The summed E-state index contributed by atoms with van der Waals surface area (Å²) in [7, 11) is 1.69. The topological polar surface area (TPSA) is 58.5 Å². The molecule has 0 amide bonds. The molecule has 150 valence electrons. The Kier molecular flexibility index (Phi) is 9.52. The highest BCUT2D eigenvalue weighted by Crippen LogP contribution is 2.24. The van der Waals surface area contributed by atoms with Crippen LogP contribution in [0.4, 0.5) is 0 Å². The van der Waals surface area contributed by atoms with Crippen LogP contribution in [0.3, 0.4) is 0 Å². The zero-order chi connectivity index (χ0) is 19.2. The quantitative estimate of drug-likeness (QED) is 0.335. The lowest BCUT2D eigenvalue weighted by Crippen LogP contribution is -2.43. The Hall–Kier alpha value is -1.35. The Morgan fingerprint density at radius 1 is 1.19 bits per heavy atom. The van der Waals surface area contributed by atoms with Gasteiger partial charge >= 0.3 is 0 Å². The fourth-order valence-electron chi connectivity index (χ4n) is 2.66. The van der Waals surface area contributed by atoms with E-state index in [4.69, 9.17) is 9.73 Å². The van der Waals surface area contributed by atoms with Crippen LogP contribution >= 0.6 is 35.3 Å². The van der Waals surface area contributed by atoms with Gasteiger partial charge < -0.3 is 15.4 Å². The summed E-state index contributed by atoms with van der Waals surface area (Å²) in [5, 5.41) is 7.89. The molecule has 0 aliphatic heterocycles. The third-order valence-corrected chi connectivity index (χ3v) is 5.35. The van der Waals surface area contributed by atoms with Gasteiger partial charge in [-0.25, -0.2) is 9.98 Å². The third kappa shape index (κ3) is 6.95. The molecule has 0 fully saturated rings. The van der Waals surface area contributed by atoms with Crippen molar-refractivity contribution in [1.82, 2.24) is 15.6 Å². The molecule has 27 heavy (non-hydrogen) atoms. The van der Waals surface area contributed by atoms with E-state index in [1.165, 1.54) is 10.4 Å². The minimum Gasteiger partial charge on any atom is -0.497 e. The number of hydrogen-bond donors (Lipinski definition) is 2. The van der Waals surface area contributed by atoms with Crippen LogP contribution < -0.4 is 15.4 Å². The van der Waals surface area contributed by atoms with Gasteiger partial charge in [-0.05, 0) is 38.5 Å². The molecule has 5 nitrogen and oxygen atoms in total. The number of aryl methyl sites for hydroxylation is 2. The average Bonchev–Trinajstić information content (AvgIpc) is 2.95. The number of nitrogens with one attached hydrogen (secondary N) is 2. The van der Waals surface area contributed by atoms with Gasteiger partial charge in [-0.15, -0.1) is 35.3 Å². The number of rotatable bonds is 7. The van der Waals surface area contributed by atoms with Crippen molar-refractivity contribution >= 4 is 41.3 Å². The summed E-state index contributed by atoms with van der Waals surface area (Å²) >= 11 is 1.71. The first-order chi connectivity index (χ1) is 12.4. The van der Waals surface area contributed by atoms with Crippen molar-refractivity contribution in [1.29, 1.82) is 0 Å². The maximum absolute atomic E-state index is 5.25. The van der Waals surface area contributed by atoms with Gasteiger partial charge in [0, 0.05) is 23.4 Å². The van der Waals surface area contributed by atoms with Crippen molar-refractivity contribution in [2.75, 3.05) is 20.2 Å². The highest BCUT2D eigenvalue weighted by Gasteiger charge is 2.21. The first-order valence-corrected chi connectivity index (χ1v) is 9.77. The number of aliphatic imine (C=N–C) groups is 1. The Bertz CT molecular complexity index is 741. The van der Waals surface area contributed by atoms with Crippen molar-refractivity contribution < 1.29 is 4.74 Å². The van der Waals surface area contributed by atoms with Gasteiger partial charge in [-0.3, -0.25) is 0 Å². The lowest BCUT2D eigenvalue weighted by atomic mass is 9.84. The summed E-state index contributed by atoms with van der Waals surface area (Å²) < 4.78 is 5.25. The molecule has 0 aliphatic carbocycles. The van der Waals surface area contributed by atoms with Crippen LogP contribution in [0.5, 0.6) is 5.75 Å². The van der Waals surface area contributed by atoms with Crippen molar-refractivity contribution in [3.8, 4) is 5.75 Å². The summed E-state index contributed by atoms with van der Waals surface area (Å²) in [5.41, 5.74) is 2.31. The molecule has 1 aromatic heterocycles. The van der Waals surface area contributed by atoms with Crippen molar-refractivity contribution in [3.05, 3.63) is 45.4 Å². The van der Waals surface area contributed by atoms with Gasteiger partial charge in [0.15, 0.2) is 5.96 Å².